The molecule has 1 aliphatic carbocycles. The van der Waals surface area contributed by atoms with Gasteiger partial charge < -0.3 is 19.8 Å². The van der Waals surface area contributed by atoms with Gasteiger partial charge in [-0.25, -0.2) is 14.7 Å². The van der Waals surface area contributed by atoms with Crippen LogP contribution in [0.3, 0.4) is 0 Å². The molecular formula is C21H19BrN7O2S-. The third-order valence-electron chi connectivity index (χ3n) is 5.17. The van der Waals surface area contributed by atoms with Gasteiger partial charge in [0.05, 0.1) is 21.8 Å². The van der Waals surface area contributed by atoms with Gasteiger partial charge in [0.1, 0.15) is 5.82 Å². The molecule has 1 fully saturated rings. The van der Waals surface area contributed by atoms with E-state index in [0.717, 1.165) is 28.0 Å². The molecule has 32 heavy (non-hydrogen) atoms. The maximum Gasteiger partial charge on any atom is 0.229 e. The number of benzene rings is 2. The first-order valence-corrected chi connectivity index (χ1v) is 11.9. The summed E-state index contributed by atoms with van der Waals surface area (Å²) in [5.74, 6) is 0.992. The van der Waals surface area contributed by atoms with Gasteiger partial charge >= 0.3 is 0 Å². The van der Waals surface area contributed by atoms with E-state index in [0.29, 0.717) is 22.3 Å². The predicted molar refractivity (Wildman–Crippen MR) is 127 cm³/mol. The fraction of sp³-hybridized carbons (Fsp3) is 0.190. The fourth-order valence-electron chi connectivity index (χ4n) is 3.45. The summed E-state index contributed by atoms with van der Waals surface area (Å²) < 4.78 is 27.0. The lowest BCUT2D eigenvalue weighted by atomic mass is 10.2. The molecule has 5 rings (SSSR count). The van der Waals surface area contributed by atoms with E-state index in [-0.39, 0.29) is 6.54 Å². The molecule has 4 aromatic rings. The Balaban J connectivity index is 1.38. The van der Waals surface area contributed by atoms with Crippen molar-refractivity contribution in [3.8, 4) is 0 Å². The maximum atomic E-state index is 10.9. The highest BCUT2D eigenvalue weighted by Crippen LogP contribution is 2.37. The van der Waals surface area contributed by atoms with Crippen LogP contribution in [0.4, 0.5) is 23.1 Å². The molecule has 9 nitrogen and oxygen atoms in total. The molecule has 1 aliphatic rings. The number of hydrogen-bond acceptors (Lipinski definition) is 7. The van der Waals surface area contributed by atoms with Crippen LogP contribution in [0.2, 0.25) is 0 Å². The standard InChI is InChI=1S/C21H20BrN7O2S/c22-16-11-23-21(26-14-5-8-18-19(9-14)29(12-24-18)15-6-7-15)28-20(16)27-17-4-2-1-3-13(17)10-25-32(30)31/h1-5,8-9,11-12,15,25H,6-7,10H2,(H,30,31)(H2,23,26,27,28)/p-1. The summed E-state index contributed by atoms with van der Waals surface area (Å²) in [6.45, 7) is 0.168. The smallest absolute Gasteiger partial charge is 0.229 e. The Bertz CT molecular complexity index is 1310. The van der Waals surface area contributed by atoms with Crippen molar-refractivity contribution in [2.75, 3.05) is 10.6 Å². The van der Waals surface area contributed by atoms with Crippen LogP contribution in [-0.4, -0.2) is 28.3 Å². The van der Waals surface area contributed by atoms with Crippen molar-refractivity contribution >= 4 is 61.4 Å². The third kappa shape index (κ3) is 4.65. The molecule has 0 amide bonds. The van der Waals surface area contributed by atoms with Crippen LogP contribution in [-0.2, 0) is 17.8 Å². The largest absolute Gasteiger partial charge is 0.760 e. The van der Waals surface area contributed by atoms with Crippen LogP contribution in [0.25, 0.3) is 11.0 Å². The Morgan fingerprint density at radius 3 is 2.81 bits per heavy atom. The quantitative estimate of drug-likeness (QED) is 0.301. The predicted octanol–water partition coefficient (Wildman–Crippen LogP) is 4.29. The lowest BCUT2D eigenvalue weighted by Gasteiger charge is -2.15. The Labute approximate surface area is 195 Å². The van der Waals surface area contributed by atoms with Crippen LogP contribution in [0.5, 0.6) is 0 Å². The Morgan fingerprint density at radius 2 is 2.00 bits per heavy atom. The van der Waals surface area contributed by atoms with Gasteiger partial charge in [-0.3, -0.25) is 4.21 Å². The lowest BCUT2D eigenvalue weighted by molar-refractivity contribution is 0.522. The van der Waals surface area contributed by atoms with Gasteiger partial charge in [0.25, 0.3) is 0 Å². The highest BCUT2D eigenvalue weighted by atomic mass is 79.9. The summed E-state index contributed by atoms with van der Waals surface area (Å²) in [6.07, 6.45) is 5.95. The molecule has 1 saturated carbocycles. The molecule has 0 bridgehead atoms. The van der Waals surface area contributed by atoms with Crippen LogP contribution < -0.4 is 15.4 Å². The average Bonchev–Trinajstić information content (AvgIpc) is 3.54. The van der Waals surface area contributed by atoms with Crippen LogP contribution in [0, 0.1) is 0 Å². The van der Waals surface area contributed by atoms with Crippen LogP contribution in [0.1, 0.15) is 24.4 Å². The van der Waals surface area contributed by atoms with Crippen molar-refractivity contribution < 1.29 is 8.76 Å². The maximum absolute atomic E-state index is 10.9. The second-order valence-corrected chi connectivity index (χ2v) is 9.05. The van der Waals surface area contributed by atoms with E-state index < -0.39 is 11.3 Å². The van der Waals surface area contributed by atoms with Crippen molar-refractivity contribution in [1.29, 1.82) is 0 Å². The first kappa shape index (κ1) is 21.0. The lowest BCUT2D eigenvalue weighted by Crippen LogP contribution is -2.16. The minimum atomic E-state index is -2.34. The normalized spacial score (nSPS) is 14.4. The first-order valence-electron chi connectivity index (χ1n) is 10.0. The van der Waals surface area contributed by atoms with Gasteiger partial charge in [-0.15, -0.1) is 0 Å². The van der Waals surface area contributed by atoms with E-state index in [9.17, 15) is 8.76 Å². The molecule has 0 radical (unpaired) electrons. The molecule has 2 aromatic heterocycles. The first-order chi connectivity index (χ1) is 15.6. The number of rotatable bonds is 8. The molecular weight excluding hydrogens is 494 g/mol. The number of imidazole rings is 1. The molecule has 0 aliphatic heterocycles. The number of hydrogen-bond donors (Lipinski definition) is 3. The number of halogens is 1. The number of nitrogens with zero attached hydrogens (tertiary/aromatic N) is 4. The van der Waals surface area contributed by atoms with E-state index >= 15 is 0 Å². The molecule has 0 saturated heterocycles. The molecule has 0 spiro atoms. The third-order valence-corrected chi connectivity index (χ3v) is 6.13. The number of anilines is 4. The van der Waals surface area contributed by atoms with Crippen LogP contribution in [0.15, 0.2) is 59.5 Å². The molecule has 2 aromatic carbocycles. The summed E-state index contributed by atoms with van der Waals surface area (Å²) in [7, 11) is 0. The Morgan fingerprint density at radius 1 is 1.16 bits per heavy atom. The second kappa shape index (κ2) is 8.94. The minimum absolute atomic E-state index is 0.168. The summed E-state index contributed by atoms with van der Waals surface area (Å²) in [6, 6.07) is 14.0. The molecule has 1 unspecified atom stereocenters. The van der Waals surface area contributed by atoms with Crippen molar-refractivity contribution in [1.82, 2.24) is 24.2 Å². The number of aromatic nitrogens is 4. The number of nitrogens with one attached hydrogen (secondary N) is 3. The van der Waals surface area contributed by atoms with E-state index in [2.05, 4.69) is 56.9 Å². The molecule has 3 N–H and O–H groups in total. The highest BCUT2D eigenvalue weighted by Gasteiger charge is 2.25. The van der Waals surface area contributed by atoms with Crippen LogP contribution >= 0.6 is 15.9 Å². The summed E-state index contributed by atoms with van der Waals surface area (Å²) in [5.41, 5.74) is 4.45. The summed E-state index contributed by atoms with van der Waals surface area (Å²) in [5, 5.41) is 6.52. The zero-order chi connectivity index (χ0) is 22.1. The van der Waals surface area contributed by atoms with Gasteiger partial charge in [0, 0.05) is 41.4 Å². The number of fused-ring (bicyclic) bond motifs is 1. The Kier molecular flexibility index (Phi) is 5.87. The zero-order valence-electron chi connectivity index (χ0n) is 16.8. The molecule has 1 atom stereocenters. The fourth-order valence-corrected chi connectivity index (χ4v) is 4.02. The summed E-state index contributed by atoms with van der Waals surface area (Å²) in [4.78, 5) is 13.4. The SMILES string of the molecule is O=S([O-])NCc1ccccc1Nc1nc(Nc2ccc3ncn(C4CC4)c3c2)ncc1Br. The average molecular weight is 513 g/mol. The monoisotopic (exact) mass is 512 g/mol. The van der Waals surface area contributed by atoms with Gasteiger partial charge in [-0.2, -0.15) is 4.98 Å². The van der Waals surface area contributed by atoms with Gasteiger partial charge in [-0.1, -0.05) is 18.2 Å². The summed E-state index contributed by atoms with van der Waals surface area (Å²) >= 11 is 1.14. The second-order valence-electron chi connectivity index (χ2n) is 7.44. The minimum Gasteiger partial charge on any atom is -0.760 e. The van der Waals surface area contributed by atoms with Gasteiger partial charge in [0.2, 0.25) is 5.95 Å². The van der Waals surface area contributed by atoms with Crippen molar-refractivity contribution in [3.63, 3.8) is 0 Å². The topological polar surface area (TPSA) is 120 Å². The van der Waals surface area contributed by atoms with E-state index in [1.807, 2.05) is 42.7 Å². The number of para-hydroxylation sites is 1. The van der Waals surface area contributed by atoms with Gasteiger partial charge in [0.15, 0.2) is 0 Å². The zero-order valence-corrected chi connectivity index (χ0v) is 19.2. The van der Waals surface area contributed by atoms with E-state index in [1.165, 1.54) is 12.8 Å². The van der Waals surface area contributed by atoms with Crippen molar-refractivity contribution in [2.45, 2.75) is 25.4 Å². The van der Waals surface area contributed by atoms with E-state index in [4.69, 9.17) is 0 Å². The molecule has 11 heteroatoms. The van der Waals surface area contributed by atoms with Crippen molar-refractivity contribution in [2.24, 2.45) is 0 Å². The Hall–Kier alpha value is -2.86. The molecule has 2 heterocycles. The van der Waals surface area contributed by atoms with Crippen molar-refractivity contribution in [3.05, 3.63) is 65.0 Å². The van der Waals surface area contributed by atoms with Gasteiger partial charge in [-0.05, 0) is 58.6 Å². The highest BCUT2D eigenvalue weighted by molar-refractivity contribution is 9.10. The molecule has 164 valence electrons. The van der Waals surface area contributed by atoms with E-state index in [1.54, 1.807) is 6.20 Å².